The van der Waals surface area contributed by atoms with E-state index < -0.39 is 116 Å². The normalized spacial score (nSPS) is 25.8. The maximum atomic E-state index is 12.9. The van der Waals surface area contributed by atoms with Crippen molar-refractivity contribution in [2.45, 2.75) is 110 Å². The molecule has 64 heavy (non-hydrogen) atoms. The molecule has 0 radical (unpaired) electrons. The number of ether oxygens (including phenoxy) is 10. The highest BCUT2D eigenvalue weighted by molar-refractivity contribution is 7.67. The van der Waals surface area contributed by atoms with Crippen LogP contribution in [0.25, 0.3) is 5.69 Å². The summed E-state index contributed by atoms with van der Waals surface area (Å²) in [6.45, 7) is 6.39. The average molecular weight is 975 g/mol. The topological polar surface area (TPSA) is 241 Å². The number of carbonyl (C=O) groups excluding carboxylic acids is 7. The van der Waals surface area contributed by atoms with Crippen molar-refractivity contribution >= 4 is 92.2 Å². The molecule has 2 aliphatic heterocycles. The summed E-state index contributed by atoms with van der Waals surface area (Å²) in [5.74, 6) is -5.94. The van der Waals surface area contributed by atoms with Crippen LogP contribution < -0.4 is 9.60 Å². The molecule has 0 unspecified atom stereocenters. The van der Waals surface area contributed by atoms with Crippen molar-refractivity contribution in [1.29, 1.82) is 0 Å². The molecule has 10 atom stereocenters. The van der Waals surface area contributed by atoms with Crippen LogP contribution in [0.2, 0.25) is 5.02 Å². The Morgan fingerprint density at radius 3 is 1.58 bits per heavy atom. The number of rotatable bonds is 14. The lowest BCUT2D eigenvalue weighted by Crippen LogP contribution is -2.67. The molecular formula is C40H45Cl2N3O17S2. The lowest BCUT2D eigenvalue weighted by Gasteiger charge is -2.48. The average Bonchev–Trinajstić information content (AvgIpc) is 3.59. The van der Waals surface area contributed by atoms with E-state index in [-0.39, 0.29) is 17.2 Å². The molecule has 5 rings (SSSR count). The number of carbonyl (C=O) groups is 7. The standard InChI is InChI=1S/C40H44ClN3O17S2.ClH/c1-19(45)52-17-29-32(61-38-36(58-25(7)51)34(56-23(5)49)31(54-21(3)47)30(60-38)18-53-20(2)46)33(55-22(4)48)35(57-24(6)50)37(59-29)43-40-44(28-11-9-8-10-12-28)39(62-63-40)42-27-15-13-26(41)14-16-27;/h8-16,29-38H,17-18H2,1-7H3;1H/b42-39?,43-40+;/t29-,30-,31+,32-,33+,34+,35-,36-,37-,38+;/m1./s1. The van der Waals surface area contributed by atoms with Crippen LogP contribution in [-0.2, 0) is 80.9 Å². The summed E-state index contributed by atoms with van der Waals surface area (Å²) < 4.78 is 59.6. The molecule has 1 aromatic heterocycles. The van der Waals surface area contributed by atoms with Gasteiger partial charge in [-0.2, -0.15) is 0 Å². The van der Waals surface area contributed by atoms with Gasteiger partial charge in [-0.1, -0.05) is 29.8 Å². The van der Waals surface area contributed by atoms with Gasteiger partial charge in [0.25, 0.3) is 0 Å². The molecular weight excluding hydrogens is 929 g/mol. The lowest BCUT2D eigenvalue weighted by molar-refractivity contribution is -0.344. The lowest BCUT2D eigenvalue weighted by atomic mass is 9.95. The predicted molar refractivity (Wildman–Crippen MR) is 224 cm³/mol. The molecule has 0 saturated carbocycles. The molecule has 0 aliphatic carbocycles. The van der Waals surface area contributed by atoms with E-state index >= 15 is 0 Å². The fourth-order valence-corrected chi connectivity index (χ4v) is 8.80. The summed E-state index contributed by atoms with van der Waals surface area (Å²) in [5.41, 5.74) is 1.22. The van der Waals surface area contributed by atoms with Gasteiger partial charge in [0.05, 0.1) is 11.4 Å². The summed E-state index contributed by atoms with van der Waals surface area (Å²) >= 11 is 6.11. The Labute approximate surface area is 384 Å². The highest BCUT2D eigenvalue weighted by Gasteiger charge is 2.57. The molecule has 0 amide bonds. The van der Waals surface area contributed by atoms with Crippen LogP contribution in [-0.4, -0.2) is 121 Å². The fraction of sp³-hybridized carbons (Fsp3) is 0.475. The van der Waals surface area contributed by atoms with Crippen molar-refractivity contribution in [2.75, 3.05) is 13.2 Å². The molecule has 3 aromatic rings. The van der Waals surface area contributed by atoms with Gasteiger partial charge in [0.15, 0.2) is 43.0 Å². The highest BCUT2D eigenvalue weighted by atomic mass is 35.5. The Hall–Kier alpha value is -5.23. The minimum atomic E-state index is -1.83. The van der Waals surface area contributed by atoms with E-state index in [0.717, 1.165) is 48.5 Å². The third-order valence-electron chi connectivity index (χ3n) is 8.78. The van der Waals surface area contributed by atoms with Crippen molar-refractivity contribution in [2.24, 2.45) is 9.98 Å². The van der Waals surface area contributed by atoms with E-state index in [1.165, 1.54) is 20.7 Å². The van der Waals surface area contributed by atoms with E-state index in [2.05, 4.69) is 0 Å². The van der Waals surface area contributed by atoms with Gasteiger partial charge in [-0.3, -0.25) is 38.1 Å². The number of halogens is 2. The van der Waals surface area contributed by atoms with Crippen LogP contribution in [0, 0.1) is 0 Å². The number of aromatic nitrogens is 1. The maximum Gasteiger partial charge on any atom is 0.303 e. The quantitative estimate of drug-likeness (QED) is 0.128. The first-order valence-electron chi connectivity index (χ1n) is 19.1. The third kappa shape index (κ3) is 14.1. The Kier molecular flexibility index (Phi) is 19.0. The molecule has 24 heteroatoms. The van der Waals surface area contributed by atoms with Gasteiger partial charge in [-0.05, 0) is 57.1 Å². The van der Waals surface area contributed by atoms with E-state index in [9.17, 15) is 33.6 Å². The van der Waals surface area contributed by atoms with Crippen LogP contribution >= 0.6 is 44.7 Å². The number of hydrogen-bond acceptors (Lipinski definition) is 21. The second kappa shape index (κ2) is 23.6. The van der Waals surface area contributed by atoms with Crippen molar-refractivity contribution in [3.63, 3.8) is 0 Å². The van der Waals surface area contributed by atoms with Crippen LogP contribution in [0.15, 0.2) is 64.6 Å². The van der Waals surface area contributed by atoms with Crippen LogP contribution in [0.5, 0.6) is 0 Å². The number of esters is 7. The second-order valence-electron chi connectivity index (χ2n) is 13.8. The van der Waals surface area contributed by atoms with E-state index in [1.807, 2.05) is 18.2 Å². The predicted octanol–water partition coefficient (Wildman–Crippen LogP) is 3.43. The molecule has 20 nitrogen and oxygen atoms in total. The summed E-state index contributed by atoms with van der Waals surface area (Å²) in [6.07, 6.45) is -16.0. The minimum absolute atomic E-state index is 0. The van der Waals surface area contributed by atoms with Crippen LogP contribution in [0.3, 0.4) is 0 Å². The van der Waals surface area contributed by atoms with Gasteiger partial charge in [-0.15, -0.1) is 12.4 Å². The molecule has 0 spiro atoms. The smallest absolute Gasteiger partial charge is 0.303 e. The largest absolute Gasteiger partial charge is 0.463 e. The van der Waals surface area contributed by atoms with Gasteiger partial charge in [0.2, 0.25) is 9.60 Å². The summed E-state index contributed by atoms with van der Waals surface area (Å²) in [5, 5.41) is 0.516. The maximum absolute atomic E-state index is 12.9. The van der Waals surface area contributed by atoms with Gasteiger partial charge in [0, 0.05) is 53.5 Å². The van der Waals surface area contributed by atoms with Crippen molar-refractivity contribution in [3.05, 3.63) is 69.2 Å². The summed E-state index contributed by atoms with van der Waals surface area (Å²) in [6, 6.07) is 15.9. The number of para-hydroxylation sites is 1. The number of hydrogen-bond donors (Lipinski definition) is 0. The summed E-state index contributed by atoms with van der Waals surface area (Å²) in [7, 11) is 2.44. The first-order chi connectivity index (χ1) is 29.9. The Morgan fingerprint density at radius 2 is 1.05 bits per heavy atom. The van der Waals surface area contributed by atoms with Crippen molar-refractivity contribution in [3.8, 4) is 5.69 Å². The van der Waals surface area contributed by atoms with Crippen molar-refractivity contribution in [1.82, 2.24) is 4.57 Å². The van der Waals surface area contributed by atoms with Gasteiger partial charge in [0.1, 0.15) is 31.5 Å². The zero-order valence-electron chi connectivity index (χ0n) is 35.3. The Balaban J connectivity index is 0.00000898. The molecule has 348 valence electrons. The molecule has 2 aliphatic rings. The van der Waals surface area contributed by atoms with Gasteiger partial charge < -0.3 is 47.4 Å². The van der Waals surface area contributed by atoms with Crippen molar-refractivity contribution < 1.29 is 80.9 Å². The zero-order chi connectivity index (χ0) is 46.0. The van der Waals surface area contributed by atoms with E-state index in [0.29, 0.717) is 21.2 Å². The zero-order valence-corrected chi connectivity index (χ0v) is 38.5. The van der Waals surface area contributed by atoms with Gasteiger partial charge >= 0.3 is 41.8 Å². The molecule has 0 N–H and O–H groups in total. The monoisotopic (exact) mass is 973 g/mol. The second-order valence-corrected chi connectivity index (χ2v) is 16.3. The molecule has 2 aromatic carbocycles. The fourth-order valence-electron chi connectivity index (χ4n) is 6.50. The highest BCUT2D eigenvalue weighted by Crippen LogP contribution is 2.35. The van der Waals surface area contributed by atoms with Crippen LogP contribution in [0.1, 0.15) is 48.5 Å². The third-order valence-corrected chi connectivity index (χ3v) is 11.1. The first-order valence-corrected chi connectivity index (χ1v) is 21.6. The molecule has 0 bridgehead atoms. The molecule has 3 heterocycles. The first kappa shape index (κ1) is 51.4. The summed E-state index contributed by atoms with van der Waals surface area (Å²) in [4.78, 5) is 97.9. The Bertz CT molecular complexity index is 2290. The van der Waals surface area contributed by atoms with Gasteiger partial charge in [-0.25, -0.2) is 9.98 Å². The van der Waals surface area contributed by atoms with E-state index in [4.69, 9.17) is 69.0 Å². The van der Waals surface area contributed by atoms with Crippen LogP contribution in [0.4, 0.5) is 5.69 Å². The SMILES string of the molecule is CC(=O)OC[C@H]1O[C@@H](O[C@H]2[C@H](OC(C)=O)[C@@H](OC(C)=O)[C@H](/N=c3/ssc(=Nc4ccc(Cl)cc4)n3-c3ccccc3)O[C@@H]2COC(C)=O)[C@H](OC(C)=O)[C@@H](OC(C)=O)[C@H]1OC(C)=O.Cl. The van der Waals surface area contributed by atoms with E-state index in [1.54, 1.807) is 41.0 Å². The Morgan fingerprint density at radius 1 is 0.578 bits per heavy atom. The number of nitrogens with zero attached hydrogens (tertiary/aromatic N) is 3. The number of benzene rings is 2. The minimum Gasteiger partial charge on any atom is -0.463 e. The molecule has 2 saturated heterocycles. The molecule has 2 fully saturated rings.